The molecule has 1 heterocycles. The molecule has 3 rings (SSSR count). The highest BCUT2D eigenvalue weighted by Gasteiger charge is 2.20. The first-order valence-corrected chi connectivity index (χ1v) is 6.46. The van der Waals surface area contributed by atoms with Crippen LogP contribution in [0.1, 0.15) is 47.9 Å². The summed E-state index contributed by atoms with van der Waals surface area (Å²) in [5.74, 6) is 0.743. The summed E-state index contributed by atoms with van der Waals surface area (Å²) in [4.78, 5) is 0. The molecule has 0 saturated heterocycles. The van der Waals surface area contributed by atoms with E-state index in [-0.39, 0.29) is 6.04 Å². The molecule has 1 unspecified atom stereocenters. The van der Waals surface area contributed by atoms with Crippen molar-refractivity contribution in [2.75, 3.05) is 0 Å². The van der Waals surface area contributed by atoms with Crippen molar-refractivity contribution in [3.05, 3.63) is 59.4 Å². The van der Waals surface area contributed by atoms with Crippen molar-refractivity contribution in [1.29, 1.82) is 0 Å². The maximum atomic E-state index is 6.28. The van der Waals surface area contributed by atoms with Crippen LogP contribution in [-0.2, 0) is 0 Å². The lowest BCUT2D eigenvalue weighted by Crippen LogP contribution is -2.14. The third-order valence-electron chi connectivity index (χ3n) is 3.81. The van der Waals surface area contributed by atoms with Gasteiger partial charge in [0.15, 0.2) is 0 Å². The monoisotopic (exact) mass is 239 g/mol. The summed E-state index contributed by atoms with van der Waals surface area (Å²) < 4.78 is 0. The van der Waals surface area contributed by atoms with Crippen molar-refractivity contribution < 1.29 is 0 Å². The highest BCUT2D eigenvalue weighted by molar-refractivity contribution is 5.34. The number of nitrogens with zero attached hydrogens (tertiary/aromatic N) is 2. The lowest BCUT2D eigenvalue weighted by atomic mass is 9.79. The second-order valence-corrected chi connectivity index (χ2v) is 4.95. The number of nitrogens with two attached hydrogens (primary N) is 1. The van der Waals surface area contributed by atoms with Gasteiger partial charge in [0, 0.05) is 6.20 Å². The van der Waals surface area contributed by atoms with Crippen molar-refractivity contribution in [3.63, 3.8) is 0 Å². The third-order valence-corrected chi connectivity index (χ3v) is 3.81. The van der Waals surface area contributed by atoms with Gasteiger partial charge in [-0.15, -0.1) is 0 Å². The Bertz CT molecular complexity index is 520. The van der Waals surface area contributed by atoms with Crippen molar-refractivity contribution >= 4 is 0 Å². The highest BCUT2D eigenvalue weighted by atomic mass is 15.1. The topological polar surface area (TPSA) is 51.8 Å². The Morgan fingerprint density at radius 2 is 2.00 bits per heavy atom. The number of rotatable bonds is 3. The summed E-state index contributed by atoms with van der Waals surface area (Å²) in [6, 6.07) is 10.5. The average molecular weight is 239 g/mol. The molecule has 0 amide bonds. The summed E-state index contributed by atoms with van der Waals surface area (Å²) in [6.07, 6.45) is 7.41. The molecule has 92 valence electrons. The quantitative estimate of drug-likeness (QED) is 0.896. The predicted octanol–water partition coefficient (Wildman–Crippen LogP) is 2.79. The van der Waals surface area contributed by atoms with E-state index < -0.39 is 0 Å². The molecule has 1 saturated carbocycles. The molecule has 1 atom stereocenters. The van der Waals surface area contributed by atoms with Gasteiger partial charge in [-0.05, 0) is 41.5 Å². The molecule has 1 fully saturated rings. The highest BCUT2D eigenvalue weighted by Crippen LogP contribution is 2.37. The fraction of sp³-hybridized carbons (Fsp3) is 0.333. The van der Waals surface area contributed by atoms with E-state index in [1.54, 1.807) is 12.4 Å². The fourth-order valence-electron chi connectivity index (χ4n) is 2.43. The Labute approximate surface area is 107 Å². The largest absolute Gasteiger partial charge is 0.320 e. The van der Waals surface area contributed by atoms with Gasteiger partial charge >= 0.3 is 0 Å². The molecular weight excluding hydrogens is 222 g/mol. The first-order chi connectivity index (χ1) is 8.84. The Hall–Kier alpha value is -1.74. The maximum Gasteiger partial charge on any atom is 0.0568 e. The Morgan fingerprint density at radius 1 is 1.11 bits per heavy atom. The van der Waals surface area contributed by atoms with E-state index in [4.69, 9.17) is 5.73 Å². The molecule has 2 N–H and O–H groups in total. The van der Waals surface area contributed by atoms with E-state index in [1.807, 2.05) is 6.07 Å². The first-order valence-electron chi connectivity index (χ1n) is 6.46. The maximum absolute atomic E-state index is 6.28. The van der Waals surface area contributed by atoms with Crippen molar-refractivity contribution in [1.82, 2.24) is 10.2 Å². The van der Waals surface area contributed by atoms with Crippen LogP contribution in [0.25, 0.3) is 0 Å². The van der Waals surface area contributed by atoms with Gasteiger partial charge in [-0.3, -0.25) is 0 Å². The van der Waals surface area contributed by atoms with Crippen LogP contribution in [0.5, 0.6) is 0 Å². The lowest BCUT2D eigenvalue weighted by molar-refractivity contribution is 0.419. The van der Waals surface area contributed by atoms with E-state index in [0.717, 1.165) is 17.0 Å². The van der Waals surface area contributed by atoms with Crippen LogP contribution in [0.3, 0.4) is 0 Å². The predicted molar refractivity (Wildman–Crippen MR) is 71.1 cm³/mol. The van der Waals surface area contributed by atoms with Gasteiger partial charge in [0.05, 0.1) is 12.2 Å². The molecule has 0 bridgehead atoms. The number of hydrogen-bond acceptors (Lipinski definition) is 3. The zero-order valence-corrected chi connectivity index (χ0v) is 10.3. The molecular formula is C15H17N3. The molecule has 1 aromatic heterocycles. The Kier molecular flexibility index (Phi) is 3.07. The number of benzene rings is 1. The molecule has 0 radical (unpaired) electrons. The minimum absolute atomic E-state index is 0.111. The minimum atomic E-state index is -0.111. The van der Waals surface area contributed by atoms with Crippen LogP contribution in [0.4, 0.5) is 0 Å². The lowest BCUT2D eigenvalue weighted by Gasteiger charge is -2.26. The zero-order chi connectivity index (χ0) is 12.4. The first kappa shape index (κ1) is 11.4. The SMILES string of the molecule is NC(c1ccnnc1)c1cccc(C2CCC2)c1. The summed E-state index contributed by atoms with van der Waals surface area (Å²) in [7, 11) is 0. The van der Waals surface area contributed by atoms with E-state index in [9.17, 15) is 0 Å². The van der Waals surface area contributed by atoms with E-state index in [0.29, 0.717) is 0 Å². The fourth-order valence-corrected chi connectivity index (χ4v) is 2.43. The van der Waals surface area contributed by atoms with Gasteiger partial charge in [0.2, 0.25) is 0 Å². The van der Waals surface area contributed by atoms with E-state index in [1.165, 1.54) is 24.8 Å². The summed E-state index contributed by atoms with van der Waals surface area (Å²) in [5, 5.41) is 7.67. The summed E-state index contributed by atoms with van der Waals surface area (Å²) >= 11 is 0. The smallest absolute Gasteiger partial charge is 0.0568 e. The molecule has 1 aliphatic carbocycles. The number of hydrogen-bond donors (Lipinski definition) is 1. The second-order valence-electron chi connectivity index (χ2n) is 4.95. The molecule has 0 aliphatic heterocycles. The van der Waals surface area contributed by atoms with Gasteiger partial charge in [-0.2, -0.15) is 10.2 Å². The standard InChI is InChI=1S/C15H17N3/c16-15(14-7-8-17-18-10-14)13-6-2-5-12(9-13)11-3-1-4-11/h2,5-11,15H,1,3-4,16H2. The van der Waals surface area contributed by atoms with Crippen molar-refractivity contribution in [3.8, 4) is 0 Å². The minimum Gasteiger partial charge on any atom is -0.320 e. The van der Waals surface area contributed by atoms with Gasteiger partial charge < -0.3 is 5.73 Å². The molecule has 3 heteroatoms. The van der Waals surface area contributed by atoms with Crippen LogP contribution in [0.15, 0.2) is 42.7 Å². The van der Waals surface area contributed by atoms with Crippen molar-refractivity contribution in [2.45, 2.75) is 31.2 Å². The number of aromatic nitrogens is 2. The van der Waals surface area contributed by atoms with Gasteiger partial charge in [-0.1, -0.05) is 30.7 Å². The van der Waals surface area contributed by atoms with E-state index >= 15 is 0 Å². The molecule has 0 spiro atoms. The molecule has 1 aliphatic rings. The van der Waals surface area contributed by atoms with Gasteiger partial charge in [0.25, 0.3) is 0 Å². The molecule has 2 aromatic rings. The van der Waals surface area contributed by atoms with Crippen LogP contribution < -0.4 is 5.73 Å². The summed E-state index contributed by atoms with van der Waals surface area (Å²) in [5.41, 5.74) is 9.87. The Balaban J connectivity index is 1.87. The van der Waals surface area contributed by atoms with Crippen LogP contribution in [0.2, 0.25) is 0 Å². The molecule has 1 aromatic carbocycles. The molecule has 18 heavy (non-hydrogen) atoms. The summed E-state index contributed by atoms with van der Waals surface area (Å²) in [6.45, 7) is 0. The van der Waals surface area contributed by atoms with Crippen LogP contribution >= 0.6 is 0 Å². The molecule has 3 nitrogen and oxygen atoms in total. The van der Waals surface area contributed by atoms with Gasteiger partial charge in [0.1, 0.15) is 0 Å². The Morgan fingerprint density at radius 3 is 2.67 bits per heavy atom. The van der Waals surface area contributed by atoms with Crippen LogP contribution in [-0.4, -0.2) is 10.2 Å². The second kappa shape index (κ2) is 4.86. The normalized spacial score (nSPS) is 17.2. The van der Waals surface area contributed by atoms with E-state index in [2.05, 4.69) is 34.5 Å². The van der Waals surface area contributed by atoms with Gasteiger partial charge in [-0.25, -0.2) is 0 Å². The average Bonchev–Trinajstić information content (AvgIpc) is 2.37. The van der Waals surface area contributed by atoms with Crippen LogP contribution in [0, 0.1) is 0 Å². The van der Waals surface area contributed by atoms with Crippen molar-refractivity contribution in [2.24, 2.45) is 5.73 Å². The third kappa shape index (κ3) is 2.14. The zero-order valence-electron chi connectivity index (χ0n) is 10.3.